The summed E-state index contributed by atoms with van der Waals surface area (Å²) >= 11 is 0. The van der Waals surface area contributed by atoms with Crippen molar-refractivity contribution in [1.29, 1.82) is 0 Å². The number of nitrogens with zero attached hydrogens (tertiary/aromatic N) is 1. The maximum absolute atomic E-state index is 5.23. The molecule has 0 bridgehead atoms. The zero-order valence-corrected chi connectivity index (χ0v) is 13.1. The lowest BCUT2D eigenvalue weighted by Crippen LogP contribution is -2.39. The standard InChI is InChI=1S/C16H34N2O/c1-3-4-5-6-7-8-12-18(13-14-19-2)15-16-10-9-11-17-16/h16-17H,3-15H2,1-2H3. The molecule has 0 aromatic carbocycles. The van der Waals surface area contributed by atoms with Crippen molar-refractivity contribution in [3.8, 4) is 0 Å². The summed E-state index contributed by atoms with van der Waals surface area (Å²) in [5.41, 5.74) is 0. The summed E-state index contributed by atoms with van der Waals surface area (Å²) in [6.45, 7) is 7.89. The summed E-state index contributed by atoms with van der Waals surface area (Å²) in [6, 6.07) is 0.719. The molecule has 0 aliphatic carbocycles. The van der Waals surface area contributed by atoms with E-state index in [1.165, 1.54) is 71.0 Å². The van der Waals surface area contributed by atoms with E-state index in [-0.39, 0.29) is 0 Å². The zero-order valence-electron chi connectivity index (χ0n) is 13.1. The summed E-state index contributed by atoms with van der Waals surface area (Å²) in [5.74, 6) is 0. The van der Waals surface area contributed by atoms with E-state index in [1.54, 1.807) is 7.11 Å². The van der Waals surface area contributed by atoms with E-state index in [4.69, 9.17) is 4.74 Å². The Bertz CT molecular complexity index is 193. The predicted octanol–water partition coefficient (Wildman–Crippen LogP) is 3.05. The van der Waals surface area contributed by atoms with Crippen LogP contribution >= 0.6 is 0 Å². The third-order valence-corrected chi connectivity index (χ3v) is 4.08. The molecule has 0 aromatic rings. The Labute approximate surface area is 120 Å². The fourth-order valence-electron chi connectivity index (χ4n) is 2.85. The molecule has 0 aromatic heterocycles. The highest BCUT2D eigenvalue weighted by Gasteiger charge is 2.17. The minimum atomic E-state index is 0.719. The van der Waals surface area contributed by atoms with Gasteiger partial charge in [-0.05, 0) is 32.4 Å². The Morgan fingerprint density at radius 1 is 1.11 bits per heavy atom. The lowest BCUT2D eigenvalue weighted by Gasteiger charge is -2.25. The highest BCUT2D eigenvalue weighted by Crippen LogP contribution is 2.09. The Kier molecular flexibility index (Phi) is 10.4. The molecule has 1 N–H and O–H groups in total. The maximum atomic E-state index is 5.23. The van der Waals surface area contributed by atoms with Crippen LogP contribution in [0.2, 0.25) is 0 Å². The first kappa shape index (κ1) is 16.9. The summed E-state index contributed by atoms with van der Waals surface area (Å²) in [6.07, 6.45) is 11.0. The molecule has 0 saturated carbocycles. The van der Waals surface area contributed by atoms with Crippen molar-refractivity contribution in [2.24, 2.45) is 0 Å². The van der Waals surface area contributed by atoms with E-state index < -0.39 is 0 Å². The molecule has 1 aliphatic rings. The second-order valence-corrected chi connectivity index (χ2v) is 5.85. The fourth-order valence-corrected chi connectivity index (χ4v) is 2.85. The van der Waals surface area contributed by atoms with Crippen LogP contribution in [0.3, 0.4) is 0 Å². The van der Waals surface area contributed by atoms with Gasteiger partial charge in [0.15, 0.2) is 0 Å². The second kappa shape index (κ2) is 11.7. The van der Waals surface area contributed by atoms with Gasteiger partial charge in [-0.3, -0.25) is 4.90 Å². The monoisotopic (exact) mass is 270 g/mol. The molecule has 0 spiro atoms. The lowest BCUT2D eigenvalue weighted by atomic mass is 10.1. The van der Waals surface area contributed by atoms with Crippen molar-refractivity contribution >= 4 is 0 Å². The third kappa shape index (κ3) is 8.61. The number of nitrogens with one attached hydrogen (secondary N) is 1. The number of hydrogen-bond acceptors (Lipinski definition) is 3. The summed E-state index contributed by atoms with van der Waals surface area (Å²) in [5, 5.41) is 3.60. The van der Waals surface area contributed by atoms with Gasteiger partial charge in [-0.15, -0.1) is 0 Å². The van der Waals surface area contributed by atoms with Crippen LogP contribution in [0.1, 0.15) is 58.3 Å². The number of rotatable bonds is 12. The largest absolute Gasteiger partial charge is 0.383 e. The molecule has 3 nitrogen and oxygen atoms in total. The highest BCUT2D eigenvalue weighted by molar-refractivity contribution is 4.77. The fraction of sp³-hybridized carbons (Fsp3) is 1.00. The molecule has 114 valence electrons. The molecule has 3 heteroatoms. The molecular weight excluding hydrogens is 236 g/mol. The molecule has 1 heterocycles. The predicted molar refractivity (Wildman–Crippen MR) is 82.7 cm³/mol. The maximum Gasteiger partial charge on any atom is 0.0589 e. The van der Waals surface area contributed by atoms with Gasteiger partial charge in [0.2, 0.25) is 0 Å². The molecule has 0 radical (unpaired) electrons. The van der Waals surface area contributed by atoms with Gasteiger partial charge in [0.1, 0.15) is 0 Å². The average molecular weight is 270 g/mol. The van der Waals surface area contributed by atoms with Gasteiger partial charge in [-0.1, -0.05) is 39.0 Å². The van der Waals surface area contributed by atoms with Crippen molar-refractivity contribution in [3.63, 3.8) is 0 Å². The van der Waals surface area contributed by atoms with Crippen LogP contribution in [0, 0.1) is 0 Å². The van der Waals surface area contributed by atoms with Crippen LogP contribution in [0.4, 0.5) is 0 Å². The lowest BCUT2D eigenvalue weighted by molar-refractivity contribution is 0.140. The van der Waals surface area contributed by atoms with Gasteiger partial charge in [0.05, 0.1) is 6.61 Å². The van der Waals surface area contributed by atoms with Gasteiger partial charge in [-0.25, -0.2) is 0 Å². The summed E-state index contributed by atoms with van der Waals surface area (Å²) in [7, 11) is 1.80. The molecule has 19 heavy (non-hydrogen) atoms. The van der Waals surface area contributed by atoms with E-state index in [9.17, 15) is 0 Å². The smallest absolute Gasteiger partial charge is 0.0589 e. The topological polar surface area (TPSA) is 24.5 Å². The van der Waals surface area contributed by atoms with Crippen LogP contribution in [-0.4, -0.2) is 50.8 Å². The molecule has 1 saturated heterocycles. The van der Waals surface area contributed by atoms with E-state index in [0.717, 1.165) is 19.2 Å². The van der Waals surface area contributed by atoms with Crippen LogP contribution < -0.4 is 5.32 Å². The van der Waals surface area contributed by atoms with Crippen molar-refractivity contribution in [3.05, 3.63) is 0 Å². The number of methoxy groups -OCH3 is 1. The zero-order chi connectivity index (χ0) is 13.8. The Morgan fingerprint density at radius 3 is 2.58 bits per heavy atom. The van der Waals surface area contributed by atoms with Crippen LogP contribution in [-0.2, 0) is 4.74 Å². The number of hydrogen-bond donors (Lipinski definition) is 1. The van der Waals surface area contributed by atoms with Crippen LogP contribution in [0.5, 0.6) is 0 Å². The normalized spacial score (nSPS) is 19.4. The quantitative estimate of drug-likeness (QED) is 0.552. The SMILES string of the molecule is CCCCCCCCN(CCOC)CC1CCCN1. The molecule has 1 aliphatic heterocycles. The van der Waals surface area contributed by atoms with Gasteiger partial charge < -0.3 is 10.1 Å². The van der Waals surface area contributed by atoms with Crippen molar-refractivity contribution in [1.82, 2.24) is 10.2 Å². The van der Waals surface area contributed by atoms with E-state index >= 15 is 0 Å². The van der Waals surface area contributed by atoms with E-state index in [1.807, 2.05) is 0 Å². The van der Waals surface area contributed by atoms with Gasteiger partial charge >= 0.3 is 0 Å². The van der Waals surface area contributed by atoms with Crippen molar-refractivity contribution in [2.75, 3.05) is 39.9 Å². The first-order valence-corrected chi connectivity index (χ1v) is 8.31. The van der Waals surface area contributed by atoms with Crippen molar-refractivity contribution in [2.45, 2.75) is 64.3 Å². The molecule has 1 rings (SSSR count). The van der Waals surface area contributed by atoms with E-state index in [2.05, 4.69) is 17.1 Å². The number of unbranched alkanes of at least 4 members (excludes halogenated alkanes) is 5. The summed E-state index contributed by atoms with van der Waals surface area (Å²) in [4.78, 5) is 2.59. The van der Waals surface area contributed by atoms with E-state index in [0.29, 0.717) is 0 Å². The molecule has 1 fully saturated rings. The van der Waals surface area contributed by atoms with Gasteiger partial charge in [0.25, 0.3) is 0 Å². The Morgan fingerprint density at radius 2 is 1.89 bits per heavy atom. The van der Waals surface area contributed by atoms with Crippen LogP contribution in [0.25, 0.3) is 0 Å². The molecule has 1 unspecified atom stereocenters. The first-order chi connectivity index (χ1) is 9.36. The Hall–Kier alpha value is -0.120. The third-order valence-electron chi connectivity index (χ3n) is 4.08. The minimum absolute atomic E-state index is 0.719. The van der Waals surface area contributed by atoms with Gasteiger partial charge in [-0.2, -0.15) is 0 Å². The average Bonchev–Trinajstić information content (AvgIpc) is 2.92. The van der Waals surface area contributed by atoms with Crippen LogP contribution in [0.15, 0.2) is 0 Å². The molecule has 0 amide bonds. The summed E-state index contributed by atoms with van der Waals surface area (Å²) < 4.78 is 5.23. The molecule has 1 atom stereocenters. The molecular formula is C16H34N2O. The highest BCUT2D eigenvalue weighted by atomic mass is 16.5. The first-order valence-electron chi connectivity index (χ1n) is 8.31. The van der Waals surface area contributed by atoms with Crippen molar-refractivity contribution < 1.29 is 4.74 Å². The Balaban J connectivity index is 2.09. The second-order valence-electron chi connectivity index (χ2n) is 5.85. The number of ether oxygens (including phenoxy) is 1. The minimum Gasteiger partial charge on any atom is -0.383 e. The van der Waals surface area contributed by atoms with Gasteiger partial charge in [0, 0.05) is 26.2 Å².